The lowest BCUT2D eigenvalue weighted by molar-refractivity contribution is -0.387. The van der Waals surface area contributed by atoms with Gasteiger partial charge in [0.15, 0.2) is 5.03 Å². The largest absolute Gasteiger partial charge is 0.344 e. The van der Waals surface area contributed by atoms with Crippen molar-refractivity contribution in [3.8, 4) is 0 Å². The Kier molecular flexibility index (Phi) is 3.93. The van der Waals surface area contributed by atoms with Crippen LogP contribution in [-0.2, 0) is 0 Å². The van der Waals surface area contributed by atoms with Crippen molar-refractivity contribution in [3.05, 3.63) is 46.3 Å². The van der Waals surface area contributed by atoms with Crippen LogP contribution in [0.15, 0.2) is 40.5 Å². The molecule has 0 bridgehead atoms. The third-order valence-electron chi connectivity index (χ3n) is 2.41. The zero-order chi connectivity index (χ0) is 13.8. The first-order chi connectivity index (χ1) is 9.13. The maximum absolute atomic E-state index is 11.1. The summed E-state index contributed by atoms with van der Waals surface area (Å²) in [5, 5.41) is 11.3. The highest BCUT2D eigenvalue weighted by Crippen LogP contribution is 2.37. The first-order valence-electron chi connectivity index (χ1n) is 5.33. The lowest BCUT2D eigenvalue weighted by Gasteiger charge is -2.06. The number of hydrogen-bond donors (Lipinski definition) is 2. The predicted molar refractivity (Wildman–Crippen MR) is 71.8 cm³/mol. The van der Waals surface area contributed by atoms with E-state index in [1.807, 2.05) is 31.2 Å². The minimum absolute atomic E-state index is 0.00363. The quantitative estimate of drug-likeness (QED) is 0.381. The molecule has 2 rings (SSSR count). The second-order valence-electron chi connectivity index (χ2n) is 3.65. The van der Waals surface area contributed by atoms with Gasteiger partial charge in [-0.05, 0) is 18.6 Å². The summed E-state index contributed by atoms with van der Waals surface area (Å²) in [6, 6.07) is 7.57. The molecule has 0 aliphatic carbocycles. The molecule has 0 fully saturated rings. The van der Waals surface area contributed by atoms with Crippen molar-refractivity contribution in [1.29, 1.82) is 0 Å². The van der Waals surface area contributed by atoms with Gasteiger partial charge in [-0.1, -0.05) is 30.0 Å². The molecule has 8 heteroatoms. The van der Waals surface area contributed by atoms with Crippen molar-refractivity contribution >= 4 is 23.3 Å². The monoisotopic (exact) mass is 277 g/mol. The molecule has 0 atom stereocenters. The summed E-state index contributed by atoms with van der Waals surface area (Å²) in [5.41, 5.74) is 3.00. The van der Waals surface area contributed by atoms with Crippen LogP contribution >= 0.6 is 11.8 Å². The second kappa shape index (κ2) is 5.63. The maximum Gasteiger partial charge on any atom is 0.344 e. The summed E-state index contributed by atoms with van der Waals surface area (Å²) in [5.74, 6) is 5.22. The van der Waals surface area contributed by atoms with E-state index < -0.39 is 4.92 Å². The summed E-state index contributed by atoms with van der Waals surface area (Å²) < 4.78 is 0. The topological polar surface area (TPSA) is 107 Å². The molecule has 1 heterocycles. The second-order valence-corrected chi connectivity index (χ2v) is 4.68. The lowest BCUT2D eigenvalue weighted by Crippen LogP contribution is -2.12. The van der Waals surface area contributed by atoms with Crippen molar-refractivity contribution < 1.29 is 4.92 Å². The number of hydrazine groups is 1. The molecule has 19 heavy (non-hydrogen) atoms. The van der Waals surface area contributed by atoms with Crippen molar-refractivity contribution in [1.82, 2.24) is 9.97 Å². The van der Waals surface area contributed by atoms with E-state index in [0.29, 0.717) is 0 Å². The van der Waals surface area contributed by atoms with E-state index in [1.54, 1.807) is 0 Å². The standard InChI is InChI=1S/C11H11N5O2S/c1-7-4-2-3-5-8(7)19-11-9(16(17)18)10(15-12)13-6-14-11/h2-6H,12H2,1H3,(H,13,14,15). The van der Waals surface area contributed by atoms with Crippen LogP contribution in [0.3, 0.4) is 0 Å². The number of nitro groups is 1. The molecule has 7 nitrogen and oxygen atoms in total. The van der Waals surface area contributed by atoms with Gasteiger partial charge >= 0.3 is 5.69 Å². The van der Waals surface area contributed by atoms with Gasteiger partial charge in [0.05, 0.1) is 4.92 Å². The van der Waals surface area contributed by atoms with Crippen LogP contribution in [0.4, 0.5) is 11.5 Å². The van der Waals surface area contributed by atoms with E-state index in [9.17, 15) is 10.1 Å². The maximum atomic E-state index is 11.1. The number of hydrogen-bond acceptors (Lipinski definition) is 7. The minimum Gasteiger partial charge on any atom is -0.303 e. The zero-order valence-corrected chi connectivity index (χ0v) is 10.8. The normalized spacial score (nSPS) is 10.2. The van der Waals surface area contributed by atoms with Crippen LogP contribution in [0.1, 0.15) is 5.56 Å². The zero-order valence-electron chi connectivity index (χ0n) is 10.0. The highest BCUT2D eigenvalue weighted by molar-refractivity contribution is 7.99. The molecule has 0 aliphatic heterocycles. The fourth-order valence-electron chi connectivity index (χ4n) is 1.48. The fraction of sp³-hybridized carbons (Fsp3) is 0.0909. The van der Waals surface area contributed by atoms with Crippen LogP contribution in [0.2, 0.25) is 0 Å². The van der Waals surface area contributed by atoms with Crippen LogP contribution in [0.25, 0.3) is 0 Å². The summed E-state index contributed by atoms with van der Waals surface area (Å²) in [7, 11) is 0. The number of aryl methyl sites for hydroxylation is 1. The average Bonchev–Trinajstić information content (AvgIpc) is 2.40. The SMILES string of the molecule is Cc1ccccc1Sc1ncnc(NN)c1[N+](=O)[O-]. The van der Waals surface area contributed by atoms with Gasteiger partial charge in [0.2, 0.25) is 5.82 Å². The van der Waals surface area contributed by atoms with Crippen molar-refractivity contribution in [2.24, 2.45) is 5.84 Å². The number of rotatable bonds is 4. The molecule has 1 aromatic heterocycles. The number of nitrogens with zero attached hydrogens (tertiary/aromatic N) is 3. The third-order valence-corrected chi connectivity index (χ3v) is 3.58. The Bertz CT molecular complexity index is 620. The van der Waals surface area contributed by atoms with Gasteiger partial charge in [-0.15, -0.1) is 0 Å². The molecule has 98 valence electrons. The van der Waals surface area contributed by atoms with Gasteiger partial charge in [0, 0.05) is 4.90 Å². The average molecular weight is 277 g/mol. The van der Waals surface area contributed by atoms with Crippen LogP contribution in [0.5, 0.6) is 0 Å². The minimum atomic E-state index is -0.546. The van der Waals surface area contributed by atoms with Gasteiger partial charge in [-0.3, -0.25) is 10.1 Å². The third kappa shape index (κ3) is 2.80. The number of anilines is 1. The Balaban J connectivity index is 2.46. The highest BCUT2D eigenvalue weighted by atomic mass is 32.2. The molecule has 0 radical (unpaired) electrons. The molecule has 0 saturated carbocycles. The van der Waals surface area contributed by atoms with E-state index >= 15 is 0 Å². The fourth-order valence-corrected chi connectivity index (χ4v) is 2.43. The van der Waals surface area contributed by atoms with E-state index in [0.717, 1.165) is 10.5 Å². The van der Waals surface area contributed by atoms with Gasteiger partial charge in [0.25, 0.3) is 0 Å². The molecule has 0 aliphatic rings. The Hall–Kier alpha value is -2.19. The number of nitrogen functional groups attached to an aromatic ring is 1. The van der Waals surface area contributed by atoms with Crippen LogP contribution < -0.4 is 11.3 Å². The van der Waals surface area contributed by atoms with E-state index in [1.165, 1.54) is 18.1 Å². The molecule has 0 amide bonds. The summed E-state index contributed by atoms with van der Waals surface area (Å²) in [6.45, 7) is 1.93. The lowest BCUT2D eigenvalue weighted by atomic mass is 10.2. The van der Waals surface area contributed by atoms with E-state index in [-0.39, 0.29) is 16.5 Å². The van der Waals surface area contributed by atoms with Gasteiger partial charge in [0.1, 0.15) is 6.33 Å². The summed E-state index contributed by atoms with van der Waals surface area (Å²) in [6.07, 6.45) is 1.24. The highest BCUT2D eigenvalue weighted by Gasteiger charge is 2.23. The molecule has 0 saturated heterocycles. The number of benzene rings is 1. The Morgan fingerprint density at radius 3 is 2.74 bits per heavy atom. The van der Waals surface area contributed by atoms with Crippen LogP contribution in [-0.4, -0.2) is 14.9 Å². The molecule has 0 spiro atoms. The summed E-state index contributed by atoms with van der Waals surface area (Å²) in [4.78, 5) is 19.1. The molecular weight excluding hydrogens is 266 g/mol. The summed E-state index contributed by atoms with van der Waals surface area (Å²) >= 11 is 1.21. The molecule has 3 N–H and O–H groups in total. The molecule has 2 aromatic rings. The van der Waals surface area contributed by atoms with Gasteiger partial charge < -0.3 is 5.43 Å². The molecule has 0 unspecified atom stereocenters. The van der Waals surface area contributed by atoms with Gasteiger partial charge in [-0.2, -0.15) is 0 Å². The smallest absolute Gasteiger partial charge is 0.303 e. The van der Waals surface area contributed by atoms with Crippen molar-refractivity contribution in [2.75, 3.05) is 5.43 Å². The van der Waals surface area contributed by atoms with Crippen molar-refractivity contribution in [3.63, 3.8) is 0 Å². The number of nitrogens with two attached hydrogens (primary N) is 1. The first-order valence-corrected chi connectivity index (χ1v) is 6.14. The van der Waals surface area contributed by atoms with Gasteiger partial charge in [-0.25, -0.2) is 15.8 Å². The van der Waals surface area contributed by atoms with Crippen molar-refractivity contribution in [2.45, 2.75) is 16.8 Å². The molecular formula is C11H11N5O2S. The molecule has 1 aromatic carbocycles. The number of nitrogens with one attached hydrogen (secondary N) is 1. The predicted octanol–water partition coefficient (Wildman–Crippen LogP) is 2.13. The van der Waals surface area contributed by atoms with E-state index in [2.05, 4.69) is 15.4 Å². The Morgan fingerprint density at radius 1 is 1.37 bits per heavy atom. The Morgan fingerprint density at radius 2 is 2.11 bits per heavy atom. The van der Waals surface area contributed by atoms with E-state index in [4.69, 9.17) is 5.84 Å². The first kappa shape index (κ1) is 13.2. The van der Waals surface area contributed by atoms with Crippen LogP contribution in [0, 0.1) is 17.0 Å². The Labute approximate surface area is 113 Å². The number of aromatic nitrogens is 2.